The summed E-state index contributed by atoms with van der Waals surface area (Å²) in [5.74, 6) is 1.06. The Bertz CT molecular complexity index is 679. The number of hydrogen-bond acceptors (Lipinski definition) is 3. The van der Waals surface area contributed by atoms with Crippen LogP contribution in [0.15, 0.2) is 46.9 Å². The number of halogens is 2. The van der Waals surface area contributed by atoms with Crippen LogP contribution in [0, 0.1) is 6.92 Å². The van der Waals surface area contributed by atoms with Gasteiger partial charge in [-0.15, -0.1) is 0 Å². The Hall–Kier alpha value is -1.72. The van der Waals surface area contributed by atoms with E-state index in [1.165, 1.54) is 0 Å². The number of carbonyl (C=O) groups is 1. The summed E-state index contributed by atoms with van der Waals surface area (Å²) in [5.41, 5.74) is 1.05. The van der Waals surface area contributed by atoms with Crippen molar-refractivity contribution in [2.24, 2.45) is 0 Å². The van der Waals surface area contributed by atoms with E-state index in [-0.39, 0.29) is 12.5 Å². The number of rotatable bonds is 7. The molecule has 0 radical (unpaired) electrons. The minimum atomic E-state index is -0.201. The average molecular weight is 399 g/mol. The van der Waals surface area contributed by atoms with Crippen LogP contribution in [-0.2, 0) is 4.79 Å². The molecule has 4 nitrogen and oxygen atoms in total. The lowest BCUT2D eigenvalue weighted by molar-refractivity contribution is -0.123. The molecule has 0 aliphatic heterocycles. The maximum absolute atomic E-state index is 11.7. The molecule has 0 aliphatic rings. The number of amides is 1. The highest BCUT2D eigenvalue weighted by molar-refractivity contribution is 9.10. The van der Waals surface area contributed by atoms with Crippen LogP contribution < -0.4 is 14.8 Å². The molecule has 0 saturated carbocycles. The Morgan fingerprint density at radius 1 is 1.22 bits per heavy atom. The van der Waals surface area contributed by atoms with Crippen molar-refractivity contribution in [2.45, 2.75) is 6.92 Å². The van der Waals surface area contributed by atoms with Crippen LogP contribution in [0.3, 0.4) is 0 Å². The molecule has 0 spiro atoms. The van der Waals surface area contributed by atoms with E-state index in [1.807, 2.05) is 37.3 Å². The van der Waals surface area contributed by atoms with Gasteiger partial charge in [0, 0.05) is 4.47 Å². The number of hydrogen-bond donors (Lipinski definition) is 1. The second-order valence-electron chi connectivity index (χ2n) is 4.83. The Morgan fingerprint density at radius 3 is 2.74 bits per heavy atom. The summed E-state index contributed by atoms with van der Waals surface area (Å²) in [6.45, 7) is 2.65. The fraction of sp³-hybridized carbons (Fsp3) is 0.235. The highest BCUT2D eigenvalue weighted by Gasteiger charge is 2.04. The van der Waals surface area contributed by atoms with E-state index in [0.29, 0.717) is 29.7 Å². The molecular formula is C17H17BrClNO3. The number of benzene rings is 2. The standard InChI is InChI=1S/C17H17BrClNO3/c1-12-10-13(6-7-14(12)18)23-11-17(21)20-8-9-22-16-5-3-2-4-15(16)19/h2-7,10H,8-9,11H2,1H3,(H,20,21). The molecule has 2 aromatic rings. The first kappa shape index (κ1) is 17.6. The Balaban J connectivity index is 1.67. The molecule has 0 aliphatic carbocycles. The topological polar surface area (TPSA) is 47.6 Å². The molecule has 1 N–H and O–H groups in total. The molecule has 6 heteroatoms. The van der Waals surface area contributed by atoms with Gasteiger partial charge in [-0.05, 0) is 42.8 Å². The van der Waals surface area contributed by atoms with Crippen molar-refractivity contribution >= 4 is 33.4 Å². The predicted molar refractivity (Wildman–Crippen MR) is 94.3 cm³/mol. The lowest BCUT2D eigenvalue weighted by Crippen LogP contribution is -2.32. The second kappa shape index (κ2) is 8.79. The van der Waals surface area contributed by atoms with E-state index in [2.05, 4.69) is 21.2 Å². The van der Waals surface area contributed by atoms with Gasteiger partial charge in [-0.2, -0.15) is 0 Å². The molecule has 1 amide bonds. The van der Waals surface area contributed by atoms with Gasteiger partial charge in [0.2, 0.25) is 0 Å². The third-order valence-electron chi connectivity index (χ3n) is 3.02. The van der Waals surface area contributed by atoms with E-state index in [0.717, 1.165) is 10.0 Å². The fourth-order valence-corrected chi connectivity index (χ4v) is 2.26. The van der Waals surface area contributed by atoms with Gasteiger partial charge in [0.05, 0.1) is 11.6 Å². The second-order valence-corrected chi connectivity index (χ2v) is 6.09. The van der Waals surface area contributed by atoms with Gasteiger partial charge in [0.1, 0.15) is 18.1 Å². The normalized spacial score (nSPS) is 10.2. The first-order valence-electron chi connectivity index (χ1n) is 7.09. The summed E-state index contributed by atoms with van der Waals surface area (Å²) >= 11 is 9.39. The Morgan fingerprint density at radius 2 is 2.00 bits per heavy atom. The fourth-order valence-electron chi connectivity index (χ4n) is 1.82. The van der Waals surface area contributed by atoms with Gasteiger partial charge in [-0.25, -0.2) is 0 Å². The van der Waals surface area contributed by atoms with Gasteiger partial charge in [0.15, 0.2) is 6.61 Å². The minimum absolute atomic E-state index is 0.0346. The predicted octanol–water partition coefficient (Wildman–Crippen LogP) is 3.98. The largest absolute Gasteiger partial charge is 0.490 e. The van der Waals surface area contributed by atoms with Crippen LogP contribution in [0.4, 0.5) is 0 Å². The van der Waals surface area contributed by atoms with E-state index in [4.69, 9.17) is 21.1 Å². The first-order valence-corrected chi connectivity index (χ1v) is 8.26. The Kier molecular flexibility index (Phi) is 6.74. The lowest BCUT2D eigenvalue weighted by atomic mass is 10.2. The summed E-state index contributed by atoms with van der Waals surface area (Å²) in [6, 6.07) is 12.8. The third-order valence-corrected chi connectivity index (χ3v) is 4.22. The molecule has 0 fully saturated rings. The highest BCUT2D eigenvalue weighted by Crippen LogP contribution is 2.23. The molecule has 23 heavy (non-hydrogen) atoms. The van der Waals surface area contributed by atoms with Gasteiger partial charge in [-0.3, -0.25) is 4.79 Å². The van der Waals surface area contributed by atoms with Crippen molar-refractivity contribution in [1.82, 2.24) is 5.32 Å². The highest BCUT2D eigenvalue weighted by atomic mass is 79.9. The van der Waals surface area contributed by atoms with E-state index < -0.39 is 0 Å². The molecule has 0 heterocycles. The number of carbonyl (C=O) groups excluding carboxylic acids is 1. The van der Waals surface area contributed by atoms with Crippen LogP contribution in [0.5, 0.6) is 11.5 Å². The number of nitrogens with one attached hydrogen (secondary N) is 1. The van der Waals surface area contributed by atoms with Crippen LogP contribution in [0.2, 0.25) is 5.02 Å². The van der Waals surface area contributed by atoms with Gasteiger partial charge < -0.3 is 14.8 Å². The molecular weight excluding hydrogens is 382 g/mol. The molecule has 0 unspecified atom stereocenters. The van der Waals surface area contributed by atoms with Gasteiger partial charge >= 0.3 is 0 Å². The smallest absolute Gasteiger partial charge is 0.258 e. The molecule has 0 saturated heterocycles. The number of aryl methyl sites for hydroxylation is 1. The molecule has 2 aromatic carbocycles. The third kappa shape index (κ3) is 5.77. The molecule has 122 valence electrons. The SMILES string of the molecule is Cc1cc(OCC(=O)NCCOc2ccccc2Cl)ccc1Br. The van der Waals surface area contributed by atoms with Crippen LogP contribution in [-0.4, -0.2) is 25.7 Å². The zero-order chi connectivity index (χ0) is 16.7. The maximum atomic E-state index is 11.7. The van der Waals surface area contributed by atoms with Gasteiger partial charge in [-0.1, -0.05) is 39.7 Å². The minimum Gasteiger partial charge on any atom is -0.490 e. The zero-order valence-corrected chi connectivity index (χ0v) is 15.0. The Labute approximate surface area is 148 Å². The van der Waals surface area contributed by atoms with Crippen molar-refractivity contribution in [3.63, 3.8) is 0 Å². The van der Waals surface area contributed by atoms with Gasteiger partial charge in [0.25, 0.3) is 5.91 Å². The number of para-hydroxylation sites is 1. The maximum Gasteiger partial charge on any atom is 0.258 e. The molecule has 0 aromatic heterocycles. The summed E-state index contributed by atoms with van der Waals surface area (Å²) in [5, 5.41) is 3.28. The zero-order valence-electron chi connectivity index (χ0n) is 12.6. The van der Waals surface area contributed by atoms with Crippen molar-refractivity contribution < 1.29 is 14.3 Å². The summed E-state index contributed by atoms with van der Waals surface area (Å²) < 4.78 is 11.9. The molecule has 0 bridgehead atoms. The summed E-state index contributed by atoms with van der Waals surface area (Å²) in [6.07, 6.45) is 0. The van der Waals surface area contributed by atoms with Crippen molar-refractivity contribution in [3.05, 3.63) is 57.5 Å². The summed E-state index contributed by atoms with van der Waals surface area (Å²) in [7, 11) is 0. The molecule has 2 rings (SSSR count). The lowest BCUT2D eigenvalue weighted by Gasteiger charge is -2.10. The quantitative estimate of drug-likeness (QED) is 0.718. The van der Waals surface area contributed by atoms with E-state index >= 15 is 0 Å². The first-order chi connectivity index (χ1) is 11.1. The molecule has 0 atom stereocenters. The number of ether oxygens (including phenoxy) is 2. The van der Waals surface area contributed by atoms with E-state index in [9.17, 15) is 4.79 Å². The average Bonchev–Trinajstić information content (AvgIpc) is 2.54. The monoisotopic (exact) mass is 397 g/mol. The summed E-state index contributed by atoms with van der Waals surface area (Å²) in [4.78, 5) is 11.7. The van der Waals surface area contributed by atoms with Crippen LogP contribution >= 0.6 is 27.5 Å². The van der Waals surface area contributed by atoms with Crippen LogP contribution in [0.25, 0.3) is 0 Å². The van der Waals surface area contributed by atoms with Crippen molar-refractivity contribution in [3.8, 4) is 11.5 Å². The van der Waals surface area contributed by atoms with E-state index in [1.54, 1.807) is 12.1 Å². The van der Waals surface area contributed by atoms with Crippen LogP contribution in [0.1, 0.15) is 5.56 Å². The van der Waals surface area contributed by atoms with Crippen molar-refractivity contribution in [1.29, 1.82) is 0 Å². The van der Waals surface area contributed by atoms with Crippen molar-refractivity contribution in [2.75, 3.05) is 19.8 Å².